The predicted molar refractivity (Wildman–Crippen MR) is 91.4 cm³/mol. The summed E-state index contributed by atoms with van der Waals surface area (Å²) in [7, 11) is -3.27. The number of hydrogen-bond acceptors (Lipinski definition) is 4. The predicted octanol–water partition coefficient (Wildman–Crippen LogP) is 2.41. The van der Waals surface area contributed by atoms with Crippen LogP contribution in [0, 0.1) is 5.92 Å². The van der Waals surface area contributed by atoms with E-state index in [9.17, 15) is 13.2 Å². The van der Waals surface area contributed by atoms with Gasteiger partial charge < -0.3 is 4.90 Å². The van der Waals surface area contributed by atoms with Crippen molar-refractivity contribution in [3.63, 3.8) is 0 Å². The molecule has 24 heavy (non-hydrogen) atoms. The van der Waals surface area contributed by atoms with Crippen LogP contribution in [0.15, 0.2) is 59.6 Å². The van der Waals surface area contributed by atoms with Gasteiger partial charge in [-0.25, -0.2) is 8.42 Å². The highest BCUT2D eigenvalue weighted by Crippen LogP contribution is 2.23. The number of nitrogens with zero attached hydrogens (tertiary/aromatic N) is 2. The average Bonchev–Trinajstić information content (AvgIpc) is 2.63. The van der Waals surface area contributed by atoms with E-state index in [0.29, 0.717) is 36.5 Å². The molecule has 2 aromatic rings. The van der Waals surface area contributed by atoms with Gasteiger partial charge in [0.2, 0.25) is 0 Å². The maximum Gasteiger partial charge on any atom is 0.272 e. The van der Waals surface area contributed by atoms with E-state index in [4.69, 9.17) is 0 Å². The van der Waals surface area contributed by atoms with Gasteiger partial charge in [-0.15, -0.1) is 0 Å². The first-order valence-electron chi connectivity index (χ1n) is 8.04. The highest BCUT2D eigenvalue weighted by atomic mass is 32.2. The number of amides is 1. The van der Waals surface area contributed by atoms with Crippen LogP contribution in [0.2, 0.25) is 0 Å². The first-order chi connectivity index (χ1) is 11.6. The Morgan fingerprint density at radius 3 is 2.33 bits per heavy atom. The number of hydrogen-bond donors (Lipinski definition) is 0. The largest absolute Gasteiger partial charge is 0.337 e. The van der Waals surface area contributed by atoms with E-state index >= 15 is 0 Å². The smallest absolute Gasteiger partial charge is 0.272 e. The Hall–Kier alpha value is -2.21. The summed E-state index contributed by atoms with van der Waals surface area (Å²) in [5.41, 5.74) is 0.438. The van der Waals surface area contributed by atoms with Gasteiger partial charge in [0, 0.05) is 19.3 Å². The van der Waals surface area contributed by atoms with Gasteiger partial charge in [0.15, 0.2) is 9.84 Å². The molecule has 1 fully saturated rings. The maximum absolute atomic E-state index is 12.4. The number of sulfone groups is 1. The van der Waals surface area contributed by atoms with Crippen molar-refractivity contribution >= 4 is 15.7 Å². The molecular weight excluding hydrogens is 324 g/mol. The van der Waals surface area contributed by atoms with Gasteiger partial charge in [-0.2, -0.15) is 0 Å². The number of aromatic nitrogens is 1. The van der Waals surface area contributed by atoms with Gasteiger partial charge in [0.05, 0.1) is 10.6 Å². The van der Waals surface area contributed by atoms with E-state index in [2.05, 4.69) is 4.98 Å². The van der Waals surface area contributed by atoms with Crippen LogP contribution >= 0.6 is 0 Å². The van der Waals surface area contributed by atoms with Crippen LogP contribution in [0.4, 0.5) is 0 Å². The molecule has 3 rings (SSSR count). The van der Waals surface area contributed by atoms with Crippen molar-refractivity contribution in [1.82, 2.24) is 9.88 Å². The molecule has 1 amide bonds. The zero-order valence-corrected chi connectivity index (χ0v) is 14.2. The zero-order valence-electron chi connectivity index (χ0n) is 13.3. The third-order valence-corrected chi connectivity index (χ3v) is 6.24. The Bertz CT molecular complexity index is 784. The van der Waals surface area contributed by atoms with Gasteiger partial charge in [0.1, 0.15) is 5.69 Å². The van der Waals surface area contributed by atoms with Crippen LogP contribution in [0.25, 0.3) is 0 Å². The van der Waals surface area contributed by atoms with Gasteiger partial charge in [0.25, 0.3) is 5.91 Å². The summed E-state index contributed by atoms with van der Waals surface area (Å²) in [5, 5.41) is 0. The van der Waals surface area contributed by atoms with Gasteiger partial charge in [-0.3, -0.25) is 9.78 Å². The molecule has 1 aromatic heterocycles. The number of pyridine rings is 1. The van der Waals surface area contributed by atoms with Crippen LogP contribution in [0.5, 0.6) is 0 Å². The van der Waals surface area contributed by atoms with Gasteiger partial charge in [-0.1, -0.05) is 24.3 Å². The molecule has 1 saturated heterocycles. The highest BCUT2D eigenvalue weighted by Gasteiger charge is 2.28. The molecule has 1 aromatic carbocycles. The summed E-state index contributed by atoms with van der Waals surface area (Å²) in [4.78, 5) is 18.6. The molecule has 5 nitrogen and oxygen atoms in total. The van der Waals surface area contributed by atoms with E-state index in [1.165, 1.54) is 0 Å². The van der Waals surface area contributed by atoms with E-state index in [1.807, 2.05) is 0 Å². The van der Waals surface area contributed by atoms with Crippen LogP contribution in [0.3, 0.4) is 0 Å². The van der Waals surface area contributed by atoms with Crippen molar-refractivity contribution < 1.29 is 13.2 Å². The molecule has 0 radical (unpaired) electrons. The van der Waals surface area contributed by atoms with Crippen LogP contribution < -0.4 is 0 Å². The Morgan fingerprint density at radius 1 is 1.04 bits per heavy atom. The molecule has 0 atom stereocenters. The molecule has 0 bridgehead atoms. The Balaban J connectivity index is 1.59. The Labute approximate surface area is 142 Å². The van der Waals surface area contributed by atoms with Crippen molar-refractivity contribution in [2.75, 3.05) is 18.8 Å². The molecule has 1 aliphatic heterocycles. The maximum atomic E-state index is 12.4. The standard InChI is InChI=1S/C18H20N2O3S/c21-18(17-8-4-5-11-19-17)20-12-9-15(10-13-20)14-24(22,23)16-6-2-1-3-7-16/h1-8,11,15H,9-10,12-14H2. The summed E-state index contributed by atoms with van der Waals surface area (Å²) in [6.45, 7) is 1.15. The second-order valence-electron chi connectivity index (χ2n) is 6.05. The lowest BCUT2D eigenvalue weighted by Gasteiger charge is -2.31. The number of rotatable bonds is 4. The fraction of sp³-hybridized carbons (Fsp3) is 0.333. The lowest BCUT2D eigenvalue weighted by molar-refractivity contribution is 0.0692. The quantitative estimate of drug-likeness (QED) is 0.854. The minimum atomic E-state index is -3.27. The van der Waals surface area contributed by atoms with Crippen LogP contribution in [0.1, 0.15) is 23.3 Å². The number of likely N-dealkylation sites (tertiary alicyclic amines) is 1. The molecule has 0 aliphatic carbocycles. The molecule has 0 N–H and O–H groups in total. The second-order valence-corrected chi connectivity index (χ2v) is 8.08. The molecule has 126 valence electrons. The second kappa shape index (κ2) is 7.13. The van der Waals surface area contributed by atoms with Crippen molar-refractivity contribution in [2.45, 2.75) is 17.7 Å². The Morgan fingerprint density at radius 2 is 1.71 bits per heavy atom. The molecule has 0 saturated carbocycles. The Kier molecular flexibility index (Phi) is 4.94. The van der Waals surface area contributed by atoms with E-state index in [-0.39, 0.29) is 17.6 Å². The number of carbonyl (C=O) groups excluding carboxylic acids is 1. The first kappa shape index (κ1) is 16.6. The molecule has 6 heteroatoms. The SMILES string of the molecule is O=C(c1ccccn1)N1CCC(CS(=O)(=O)c2ccccc2)CC1. The van der Waals surface area contributed by atoms with Crippen LogP contribution in [-0.4, -0.2) is 43.1 Å². The van der Waals surface area contributed by atoms with Gasteiger partial charge in [-0.05, 0) is 43.0 Å². The summed E-state index contributed by atoms with van der Waals surface area (Å²) in [6.07, 6.45) is 3.00. The summed E-state index contributed by atoms with van der Waals surface area (Å²) < 4.78 is 24.9. The normalized spacial score (nSPS) is 16.1. The average molecular weight is 344 g/mol. The first-order valence-corrected chi connectivity index (χ1v) is 9.69. The van der Waals surface area contributed by atoms with Crippen LogP contribution in [-0.2, 0) is 9.84 Å². The van der Waals surface area contributed by atoms with Crippen molar-refractivity contribution in [3.8, 4) is 0 Å². The minimum Gasteiger partial charge on any atom is -0.337 e. The van der Waals surface area contributed by atoms with E-state index < -0.39 is 9.84 Å². The van der Waals surface area contributed by atoms with Crippen molar-refractivity contribution in [3.05, 3.63) is 60.4 Å². The number of carbonyl (C=O) groups is 1. The minimum absolute atomic E-state index is 0.0834. The molecular formula is C18H20N2O3S. The summed E-state index contributed by atoms with van der Waals surface area (Å²) in [6, 6.07) is 13.8. The fourth-order valence-electron chi connectivity index (χ4n) is 2.99. The number of benzene rings is 1. The third kappa shape index (κ3) is 3.82. The topological polar surface area (TPSA) is 67.3 Å². The molecule has 0 spiro atoms. The molecule has 2 heterocycles. The lowest BCUT2D eigenvalue weighted by atomic mass is 9.99. The van der Waals surface area contributed by atoms with Crippen molar-refractivity contribution in [1.29, 1.82) is 0 Å². The zero-order chi connectivity index (χ0) is 17.0. The monoisotopic (exact) mass is 344 g/mol. The molecule has 0 unspecified atom stereocenters. The summed E-state index contributed by atoms with van der Waals surface area (Å²) in [5.74, 6) is 0.144. The van der Waals surface area contributed by atoms with Gasteiger partial charge >= 0.3 is 0 Å². The fourth-order valence-corrected chi connectivity index (χ4v) is 4.71. The summed E-state index contributed by atoms with van der Waals surface area (Å²) >= 11 is 0. The third-order valence-electron chi connectivity index (χ3n) is 4.34. The van der Waals surface area contributed by atoms with Crippen molar-refractivity contribution in [2.24, 2.45) is 5.92 Å². The lowest BCUT2D eigenvalue weighted by Crippen LogP contribution is -2.40. The molecule has 1 aliphatic rings. The number of piperidine rings is 1. The van der Waals surface area contributed by atoms with E-state index in [1.54, 1.807) is 59.6 Å². The highest BCUT2D eigenvalue weighted by molar-refractivity contribution is 7.91. The van der Waals surface area contributed by atoms with E-state index in [0.717, 1.165) is 0 Å².